The number of nitrogens with zero attached hydrogens (tertiary/aromatic N) is 1. The Hall–Kier alpha value is -3.86. The van der Waals surface area contributed by atoms with Crippen molar-refractivity contribution in [1.82, 2.24) is 5.32 Å². The lowest BCUT2D eigenvalue weighted by Gasteiger charge is -2.20. The summed E-state index contributed by atoms with van der Waals surface area (Å²) in [7, 11) is 0. The second kappa shape index (κ2) is 11.9. The van der Waals surface area contributed by atoms with Crippen LogP contribution in [-0.2, 0) is 26.4 Å². The van der Waals surface area contributed by atoms with Gasteiger partial charge in [0, 0.05) is 6.21 Å². The van der Waals surface area contributed by atoms with Crippen LogP contribution < -0.4 is 5.32 Å². The molecule has 1 amide bonds. The van der Waals surface area contributed by atoms with E-state index in [1.54, 1.807) is 30.3 Å². The highest BCUT2D eigenvalue weighted by Gasteiger charge is 2.51. The first-order chi connectivity index (χ1) is 17.6. The average molecular weight is 521 g/mol. The molecule has 0 radical (unpaired) electrons. The Labute approximate surface area is 211 Å². The molecule has 2 aromatic rings. The Kier molecular flexibility index (Phi) is 8.93. The molecule has 3 rings (SSSR count). The van der Waals surface area contributed by atoms with Crippen LogP contribution in [0.25, 0.3) is 5.76 Å². The fraction of sp³-hybridized carbons (Fsp3) is 0.346. The fourth-order valence-corrected chi connectivity index (χ4v) is 3.54. The molecule has 1 saturated carbocycles. The van der Waals surface area contributed by atoms with Gasteiger partial charge >= 0.3 is 12.1 Å². The maximum Gasteiger partial charge on any atom is 0.408 e. The van der Waals surface area contributed by atoms with Crippen LogP contribution in [0.15, 0.2) is 47.0 Å². The number of aliphatic hydroxyl groups is 2. The summed E-state index contributed by atoms with van der Waals surface area (Å²) in [5.74, 6) is -6.73. The zero-order valence-corrected chi connectivity index (χ0v) is 20.3. The molecule has 3 N–H and O–H groups in total. The number of rotatable bonds is 10. The van der Waals surface area contributed by atoms with Gasteiger partial charge in [0.05, 0.1) is 35.9 Å². The second-order valence-corrected chi connectivity index (χ2v) is 8.47. The topological polar surface area (TPSA) is 117 Å². The number of alkyl carbamates (subject to hydrolysis) is 1. The maximum absolute atomic E-state index is 15.2. The summed E-state index contributed by atoms with van der Waals surface area (Å²) < 4.78 is 55.4. The molecular weight excluding hydrogens is 493 g/mol. The summed E-state index contributed by atoms with van der Waals surface area (Å²) in [5, 5.41) is 22.1. The number of halogens is 3. The van der Waals surface area contributed by atoms with E-state index in [1.807, 2.05) is 0 Å². The number of aliphatic imine (C=N–C) groups is 1. The smallest absolute Gasteiger partial charge is 0.408 e. The summed E-state index contributed by atoms with van der Waals surface area (Å²) in [6.07, 6.45) is 0.152. The van der Waals surface area contributed by atoms with Crippen LogP contribution in [0.1, 0.15) is 43.4 Å². The number of nitrogens with one attached hydrogen (secondary N) is 1. The number of hydrogen-bond donors (Lipinski definition) is 3. The standard InChI is InChI=1S/C26H27F3N2O6/c1-3-36-24(34)18(12-30-15(2)13-32)23(33)17-11-19(27)20(22(29)21(17)28)26(9-10-26)31-25(35)37-14-16-7-5-4-6-8-16/h4-8,11-12,15,32-33H,3,9-10,13-14H2,1-2H3,(H,31,35)/b23-18-,30-12?/t15-/m1/s1. The predicted octanol–water partition coefficient (Wildman–Crippen LogP) is 4.30. The lowest BCUT2D eigenvalue weighted by Crippen LogP contribution is -2.37. The van der Waals surface area contributed by atoms with Gasteiger partial charge < -0.3 is 25.0 Å². The third-order valence-electron chi connectivity index (χ3n) is 5.67. The van der Waals surface area contributed by atoms with Crippen molar-refractivity contribution in [2.45, 2.75) is 44.9 Å². The van der Waals surface area contributed by atoms with Crippen molar-refractivity contribution < 1.29 is 42.4 Å². The Morgan fingerprint density at radius 3 is 2.43 bits per heavy atom. The maximum atomic E-state index is 15.2. The molecule has 198 valence electrons. The molecule has 2 aromatic carbocycles. The van der Waals surface area contributed by atoms with Crippen LogP contribution in [0.5, 0.6) is 0 Å². The number of amides is 1. The largest absolute Gasteiger partial charge is 0.506 e. The van der Waals surface area contributed by atoms with Crippen molar-refractivity contribution in [3.63, 3.8) is 0 Å². The number of benzene rings is 2. The minimum atomic E-state index is -1.63. The minimum absolute atomic E-state index is 0.0766. The van der Waals surface area contributed by atoms with E-state index in [1.165, 1.54) is 13.8 Å². The van der Waals surface area contributed by atoms with Crippen LogP contribution in [-0.4, -0.2) is 47.7 Å². The number of hydrogen-bond acceptors (Lipinski definition) is 7. The molecule has 8 nitrogen and oxygen atoms in total. The molecule has 1 atom stereocenters. The van der Waals surface area contributed by atoms with Crippen molar-refractivity contribution in [3.05, 3.63) is 76.1 Å². The van der Waals surface area contributed by atoms with Crippen LogP contribution in [0.4, 0.5) is 18.0 Å². The van der Waals surface area contributed by atoms with Crippen molar-refractivity contribution in [3.8, 4) is 0 Å². The van der Waals surface area contributed by atoms with E-state index in [2.05, 4.69) is 10.3 Å². The van der Waals surface area contributed by atoms with E-state index in [-0.39, 0.29) is 32.7 Å². The number of ether oxygens (including phenoxy) is 2. The Balaban J connectivity index is 1.92. The van der Waals surface area contributed by atoms with Crippen molar-refractivity contribution >= 4 is 24.0 Å². The number of esters is 1. The Morgan fingerprint density at radius 2 is 1.84 bits per heavy atom. The number of carbonyl (C=O) groups excluding carboxylic acids is 2. The summed E-state index contributed by atoms with van der Waals surface area (Å²) in [4.78, 5) is 28.4. The highest BCUT2D eigenvalue weighted by molar-refractivity contribution is 6.15. The quantitative estimate of drug-likeness (QED) is 0.141. The Bertz CT molecular complexity index is 1210. The molecule has 0 unspecified atom stereocenters. The second-order valence-electron chi connectivity index (χ2n) is 8.47. The molecular formula is C26H27F3N2O6. The zero-order valence-electron chi connectivity index (χ0n) is 20.3. The predicted molar refractivity (Wildman–Crippen MR) is 128 cm³/mol. The van der Waals surface area contributed by atoms with Crippen LogP contribution in [0.2, 0.25) is 0 Å². The highest BCUT2D eigenvalue weighted by atomic mass is 19.2. The van der Waals surface area contributed by atoms with Gasteiger partial charge in [-0.15, -0.1) is 0 Å². The van der Waals surface area contributed by atoms with Gasteiger partial charge in [0.1, 0.15) is 23.8 Å². The van der Waals surface area contributed by atoms with E-state index in [9.17, 15) is 14.7 Å². The van der Waals surface area contributed by atoms with Gasteiger partial charge in [-0.25, -0.2) is 22.8 Å². The third kappa shape index (κ3) is 6.48. The monoisotopic (exact) mass is 520 g/mol. The van der Waals surface area contributed by atoms with E-state index in [0.717, 1.165) is 6.21 Å². The highest BCUT2D eigenvalue weighted by Crippen LogP contribution is 2.48. The number of aliphatic hydroxyl groups excluding tert-OH is 2. The summed E-state index contributed by atoms with van der Waals surface area (Å²) in [5.41, 5.74) is -3.14. The van der Waals surface area contributed by atoms with E-state index < -0.39 is 63.6 Å². The van der Waals surface area contributed by atoms with E-state index in [0.29, 0.717) is 11.6 Å². The van der Waals surface area contributed by atoms with Crippen LogP contribution >= 0.6 is 0 Å². The van der Waals surface area contributed by atoms with Gasteiger partial charge in [0.15, 0.2) is 11.6 Å². The molecule has 11 heteroatoms. The SMILES string of the molecule is CCOC(=O)/C(C=N[C@H](C)CO)=C(\O)c1cc(F)c(C2(NC(=O)OCc3ccccc3)CC2)c(F)c1F. The van der Waals surface area contributed by atoms with Crippen LogP contribution in [0, 0.1) is 17.5 Å². The van der Waals surface area contributed by atoms with Crippen molar-refractivity contribution in [1.29, 1.82) is 0 Å². The van der Waals surface area contributed by atoms with Crippen LogP contribution in [0.3, 0.4) is 0 Å². The molecule has 0 heterocycles. The molecule has 0 saturated heterocycles. The normalized spacial score (nSPS) is 15.6. The molecule has 0 aliphatic heterocycles. The molecule has 1 aliphatic rings. The summed E-state index contributed by atoms with van der Waals surface area (Å²) >= 11 is 0. The van der Waals surface area contributed by atoms with Crippen molar-refractivity contribution in [2.75, 3.05) is 13.2 Å². The molecule has 0 bridgehead atoms. The van der Waals surface area contributed by atoms with Crippen molar-refractivity contribution in [2.24, 2.45) is 4.99 Å². The van der Waals surface area contributed by atoms with Gasteiger partial charge in [0.2, 0.25) is 0 Å². The lowest BCUT2D eigenvalue weighted by molar-refractivity contribution is -0.137. The number of carbonyl (C=O) groups is 2. The third-order valence-corrected chi connectivity index (χ3v) is 5.67. The van der Waals surface area contributed by atoms with Gasteiger partial charge in [-0.3, -0.25) is 4.99 Å². The minimum Gasteiger partial charge on any atom is -0.506 e. The van der Waals surface area contributed by atoms with Gasteiger partial charge in [-0.1, -0.05) is 30.3 Å². The first-order valence-corrected chi connectivity index (χ1v) is 11.5. The van der Waals surface area contributed by atoms with Gasteiger partial charge in [-0.05, 0) is 38.3 Å². The molecule has 0 aromatic heterocycles. The van der Waals surface area contributed by atoms with E-state index in [4.69, 9.17) is 14.6 Å². The van der Waals surface area contributed by atoms with Gasteiger partial charge in [-0.2, -0.15) is 0 Å². The first-order valence-electron chi connectivity index (χ1n) is 11.5. The van der Waals surface area contributed by atoms with Gasteiger partial charge in [0.25, 0.3) is 0 Å². The zero-order chi connectivity index (χ0) is 27.2. The summed E-state index contributed by atoms with van der Waals surface area (Å²) in [6, 6.07) is 8.61. The molecule has 1 aliphatic carbocycles. The molecule has 1 fully saturated rings. The lowest BCUT2D eigenvalue weighted by atomic mass is 9.98. The molecule has 0 spiro atoms. The first kappa shape index (κ1) is 27.7. The van der Waals surface area contributed by atoms with E-state index >= 15 is 13.2 Å². The Morgan fingerprint density at radius 1 is 1.16 bits per heavy atom. The molecule has 37 heavy (non-hydrogen) atoms. The average Bonchev–Trinajstić information content (AvgIpc) is 3.65. The summed E-state index contributed by atoms with van der Waals surface area (Å²) in [6.45, 7) is 2.42. The fourth-order valence-electron chi connectivity index (χ4n) is 3.54.